The third-order valence-electron chi connectivity index (χ3n) is 4.10. The van der Waals surface area contributed by atoms with Crippen molar-refractivity contribution in [1.82, 2.24) is 0 Å². The first-order valence-electron chi connectivity index (χ1n) is 7.70. The number of hydrogen-bond acceptors (Lipinski definition) is 5. The Morgan fingerprint density at radius 1 is 1.28 bits per heavy atom. The predicted octanol–water partition coefficient (Wildman–Crippen LogP) is 2.62. The van der Waals surface area contributed by atoms with Gasteiger partial charge in [-0.1, -0.05) is 12.1 Å². The van der Waals surface area contributed by atoms with Crippen molar-refractivity contribution in [3.05, 3.63) is 53.6 Å². The predicted molar refractivity (Wildman–Crippen MR) is 91.7 cm³/mol. The van der Waals surface area contributed by atoms with Gasteiger partial charge in [0.1, 0.15) is 11.0 Å². The SMILES string of the molecule is CC(=O)N1c2ccc(S(=O)(=O)Oc3ccccc3C#N)cc2CC1C. The number of para-hydroxylation sites is 1. The van der Waals surface area contributed by atoms with Crippen LogP contribution in [-0.4, -0.2) is 20.4 Å². The Bertz CT molecular complexity index is 992. The summed E-state index contributed by atoms with van der Waals surface area (Å²) < 4.78 is 30.2. The van der Waals surface area contributed by atoms with E-state index < -0.39 is 10.1 Å². The first kappa shape index (κ1) is 17.0. The first-order chi connectivity index (χ1) is 11.8. The van der Waals surface area contributed by atoms with Gasteiger partial charge in [-0.15, -0.1) is 0 Å². The second-order valence-corrected chi connectivity index (χ2v) is 7.42. The maximum absolute atomic E-state index is 12.6. The number of benzene rings is 2. The van der Waals surface area contributed by atoms with Gasteiger partial charge in [0.25, 0.3) is 0 Å². The van der Waals surface area contributed by atoms with E-state index in [0.29, 0.717) is 6.42 Å². The number of nitrogens with zero attached hydrogens (tertiary/aromatic N) is 2. The smallest absolute Gasteiger partial charge is 0.339 e. The van der Waals surface area contributed by atoms with Crippen LogP contribution in [0.5, 0.6) is 5.75 Å². The largest absolute Gasteiger partial charge is 0.378 e. The third-order valence-corrected chi connectivity index (χ3v) is 5.33. The van der Waals surface area contributed by atoms with Crippen molar-refractivity contribution in [1.29, 1.82) is 5.26 Å². The van der Waals surface area contributed by atoms with Crippen LogP contribution in [0.4, 0.5) is 5.69 Å². The Balaban J connectivity index is 1.96. The fourth-order valence-corrected chi connectivity index (χ4v) is 4.04. The zero-order valence-corrected chi connectivity index (χ0v) is 14.6. The van der Waals surface area contributed by atoms with E-state index in [2.05, 4.69) is 0 Å². The van der Waals surface area contributed by atoms with Gasteiger partial charge in [0.15, 0.2) is 5.75 Å². The molecule has 25 heavy (non-hydrogen) atoms. The molecule has 1 aliphatic heterocycles. The van der Waals surface area contributed by atoms with Crippen LogP contribution < -0.4 is 9.08 Å². The van der Waals surface area contributed by atoms with Crippen molar-refractivity contribution >= 4 is 21.7 Å². The fourth-order valence-electron chi connectivity index (χ4n) is 3.04. The van der Waals surface area contributed by atoms with Gasteiger partial charge >= 0.3 is 10.1 Å². The average molecular weight is 356 g/mol. The molecule has 0 spiro atoms. The van der Waals surface area contributed by atoms with Crippen molar-refractivity contribution < 1.29 is 17.4 Å². The molecular weight excluding hydrogens is 340 g/mol. The van der Waals surface area contributed by atoms with Crippen molar-refractivity contribution in [3.8, 4) is 11.8 Å². The van der Waals surface area contributed by atoms with Crippen LogP contribution in [0, 0.1) is 11.3 Å². The lowest BCUT2D eigenvalue weighted by molar-refractivity contribution is -0.116. The molecule has 0 aliphatic carbocycles. The number of fused-ring (bicyclic) bond motifs is 1. The number of hydrogen-bond donors (Lipinski definition) is 0. The van der Waals surface area contributed by atoms with Gasteiger partial charge in [-0.25, -0.2) is 0 Å². The summed E-state index contributed by atoms with van der Waals surface area (Å²) in [4.78, 5) is 13.4. The summed E-state index contributed by atoms with van der Waals surface area (Å²) in [6.07, 6.45) is 0.576. The highest BCUT2D eigenvalue weighted by Gasteiger charge is 2.30. The van der Waals surface area contributed by atoms with Gasteiger partial charge in [-0.05, 0) is 49.2 Å². The highest BCUT2D eigenvalue weighted by atomic mass is 32.2. The lowest BCUT2D eigenvalue weighted by atomic mass is 10.1. The van der Waals surface area contributed by atoms with Crippen molar-refractivity contribution in [3.63, 3.8) is 0 Å². The summed E-state index contributed by atoms with van der Waals surface area (Å²) in [7, 11) is -4.08. The summed E-state index contributed by atoms with van der Waals surface area (Å²) in [6.45, 7) is 3.40. The van der Waals surface area contributed by atoms with Crippen LogP contribution in [0.15, 0.2) is 47.4 Å². The van der Waals surface area contributed by atoms with Gasteiger partial charge in [0.2, 0.25) is 5.91 Å². The van der Waals surface area contributed by atoms with Crippen LogP contribution in [0.2, 0.25) is 0 Å². The Labute approximate surface area is 146 Å². The van der Waals surface area contributed by atoms with Crippen molar-refractivity contribution in [2.24, 2.45) is 0 Å². The minimum Gasteiger partial charge on any atom is -0.378 e. The zero-order chi connectivity index (χ0) is 18.2. The third kappa shape index (κ3) is 3.08. The number of nitriles is 1. The number of carbonyl (C=O) groups is 1. The molecule has 1 heterocycles. The molecule has 3 rings (SSSR count). The van der Waals surface area contributed by atoms with E-state index in [9.17, 15) is 13.2 Å². The zero-order valence-electron chi connectivity index (χ0n) is 13.8. The molecule has 0 saturated heterocycles. The molecule has 1 aliphatic rings. The van der Waals surface area contributed by atoms with E-state index in [1.54, 1.807) is 23.1 Å². The lowest BCUT2D eigenvalue weighted by Gasteiger charge is -2.20. The molecule has 1 unspecified atom stereocenters. The second-order valence-electron chi connectivity index (χ2n) is 5.88. The summed E-state index contributed by atoms with van der Waals surface area (Å²) in [6, 6.07) is 12.6. The molecule has 0 radical (unpaired) electrons. The molecule has 6 nitrogen and oxygen atoms in total. The van der Waals surface area contributed by atoms with Crippen LogP contribution in [0.1, 0.15) is 25.0 Å². The number of carbonyl (C=O) groups excluding carboxylic acids is 1. The molecule has 0 saturated carbocycles. The summed E-state index contributed by atoms with van der Waals surface area (Å²) in [5.41, 5.74) is 1.64. The summed E-state index contributed by atoms with van der Waals surface area (Å²) in [5, 5.41) is 9.06. The molecule has 0 N–H and O–H groups in total. The Hall–Kier alpha value is -2.85. The monoisotopic (exact) mass is 356 g/mol. The molecule has 0 aromatic heterocycles. The lowest BCUT2D eigenvalue weighted by Crippen LogP contribution is -2.33. The first-order valence-corrected chi connectivity index (χ1v) is 9.10. The topological polar surface area (TPSA) is 87.5 Å². The quantitative estimate of drug-likeness (QED) is 0.789. The Morgan fingerprint density at radius 3 is 2.68 bits per heavy atom. The summed E-state index contributed by atoms with van der Waals surface area (Å²) >= 11 is 0. The average Bonchev–Trinajstić information content (AvgIpc) is 2.90. The Kier molecular flexibility index (Phi) is 4.23. The normalized spacial score (nSPS) is 16.2. The van der Waals surface area contributed by atoms with Gasteiger partial charge < -0.3 is 9.08 Å². The number of rotatable bonds is 3. The molecule has 0 fully saturated rings. The van der Waals surface area contributed by atoms with Crippen LogP contribution in [0.3, 0.4) is 0 Å². The molecular formula is C18H16N2O4S. The van der Waals surface area contributed by atoms with E-state index in [0.717, 1.165) is 11.3 Å². The Morgan fingerprint density at radius 2 is 2.00 bits per heavy atom. The molecule has 128 valence electrons. The second kappa shape index (κ2) is 6.22. The van der Waals surface area contributed by atoms with E-state index in [-0.39, 0.29) is 28.2 Å². The maximum atomic E-state index is 12.6. The van der Waals surface area contributed by atoms with Crippen LogP contribution >= 0.6 is 0 Å². The standard InChI is InChI=1S/C18H16N2O4S/c1-12-9-15-10-16(7-8-17(15)20(12)13(2)21)25(22,23)24-18-6-4-3-5-14(18)11-19/h3-8,10,12H,9H2,1-2H3. The number of anilines is 1. The molecule has 1 amide bonds. The van der Waals surface area contributed by atoms with Crippen molar-refractivity contribution in [2.75, 3.05) is 4.90 Å². The highest BCUT2D eigenvalue weighted by Crippen LogP contribution is 2.34. The van der Waals surface area contributed by atoms with Crippen LogP contribution in [0.25, 0.3) is 0 Å². The van der Waals surface area contributed by atoms with E-state index in [1.165, 1.54) is 31.2 Å². The van der Waals surface area contributed by atoms with Gasteiger partial charge in [-0.3, -0.25) is 4.79 Å². The van der Waals surface area contributed by atoms with Gasteiger partial charge in [0, 0.05) is 18.7 Å². The highest BCUT2D eigenvalue weighted by molar-refractivity contribution is 7.87. The van der Waals surface area contributed by atoms with Gasteiger partial charge in [0.05, 0.1) is 5.56 Å². The van der Waals surface area contributed by atoms with Crippen LogP contribution in [-0.2, 0) is 21.3 Å². The maximum Gasteiger partial charge on any atom is 0.339 e. The minimum atomic E-state index is -4.08. The van der Waals surface area contributed by atoms with E-state index in [4.69, 9.17) is 9.44 Å². The molecule has 2 aromatic carbocycles. The van der Waals surface area contributed by atoms with Crippen molar-refractivity contribution in [2.45, 2.75) is 31.2 Å². The van der Waals surface area contributed by atoms with E-state index >= 15 is 0 Å². The molecule has 2 aromatic rings. The van der Waals surface area contributed by atoms with Gasteiger partial charge in [-0.2, -0.15) is 13.7 Å². The van der Waals surface area contributed by atoms with E-state index in [1.807, 2.05) is 13.0 Å². The minimum absolute atomic E-state index is 0.00315. The fraction of sp³-hybridized carbons (Fsp3) is 0.222. The molecule has 0 bridgehead atoms. The number of amides is 1. The molecule has 7 heteroatoms. The molecule has 1 atom stereocenters. The summed E-state index contributed by atoms with van der Waals surface area (Å²) in [5.74, 6) is -0.0923.